The van der Waals surface area contributed by atoms with E-state index in [2.05, 4.69) is 20.4 Å². The van der Waals surface area contributed by atoms with Gasteiger partial charge in [0.2, 0.25) is 0 Å². The van der Waals surface area contributed by atoms with Crippen LogP contribution < -0.4 is 5.43 Å². The molecule has 8 heteroatoms. The number of amides is 1. The summed E-state index contributed by atoms with van der Waals surface area (Å²) in [5, 5.41) is 9.23. The van der Waals surface area contributed by atoms with Crippen LogP contribution in [0.1, 0.15) is 16.8 Å². The predicted octanol–water partition coefficient (Wildman–Crippen LogP) is 3.24. The third-order valence-electron chi connectivity index (χ3n) is 2.89. The lowest BCUT2D eigenvalue weighted by Crippen LogP contribution is -2.16. The number of carbonyl (C=O) groups is 1. The van der Waals surface area contributed by atoms with E-state index in [-0.39, 0.29) is 0 Å². The lowest BCUT2D eigenvalue weighted by molar-refractivity contribution is 0.171. The maximum absolute atomic E-state index is 10.9. The Kier molecular flexibility index (Phi) is 5.41. The van der Waals surface area contributed by atoms with Crippen LogP contribution in [0.15, 0.2) is 29.4 Å². The van der Waals surface area contributed by atoms with Crippen molar-refractivity contribution in [2.24, 2.45) is 5.10 Å². The van der Waals surface area contributed by atoms with E-state index in [4.69, 9.17) is 23.2 Å². The summed E-state index contributed by atoms with van der Waals surface area (Å²) in [6.45, 7) is 2.32. The van der Waals surface area contributed by atoms with Gasteiger partial charge in [-0.15, -0.1) is 0 Å². The highest BCUT2D eigenvalue weighted by Crippen LogP contribution is 2.19. The monoisotopic (exact) mass is 340 g/mol. The fraction of sp³-hybridized carbons (Fsp3) is 0.214. The van der Waals surface area contributed by atoms with Crippen LogP contribution in [0.3, 0.4) is 0 Å². The van der Waals surface area contributed by atoms with Gasteiger partial charge < -0.3 is 4.74 Å². The Labute approximate surface area is 137 Å². The smallest absolute Gasteiger partial charge is 0.427 e. The second-order valence-corrected chi connectivity index (χ2v) is 5.23. The van der Waals surface area contributed by atoms with Crippen molar-refractivity contribution in [1.82, 2.24) is 15.2 Å². The van der Waals surface area contributed by atoms with Gasteiger partial charge in [0.05, 0.1) is 31.1 Å². The fourth-order valence-electron chi connectivity index (χ4n) is 1.78. The molecule has 2 rings (SSSR count). The highest BCUT2D eigenvalue weighted by molar-refractivity contribution is 6.32. The minimum atomic E-state index is -0.654. The molecule has 1 heterocycles. The molecule has 1 aromatic carbocycles. The van der Waals surface area contributed by atoms with Gasteiger partial charge in [0.25, 0.3) is 0 Å². The van der Waals surface area contributed by atoms with Crippen LogP contribution in [0.4, 0.5) is 4.79 Å². The summed E-state index contributed by atoms with van der Waals surface area (Å²) in [6, 6.07) is 7.43. The second-order valence-electron chi connectivity index (χ2n) is 4.44. The summed E-state index contributed by atoms with van der Waals surface area (Å²) in [5.41, 5.74) is 4.55. The Hall–Kier alpha value is -2.05. The van der Waals surface area contributed by atoms with E-state index in [1.807, 2.05) is 31.2 Å². The van der Waals surface area contributed by atoms with Gasteiger partial charge in [-0.2, -0.15) is 10.2 Å². The van der Waals surface area contributed by atoms with Crippen molar-refractivity contribution >= 4 is 35.5 Å². The van der Waals surface area contributed by atoms with Gasteiger partial charge in [0, 0.05) is 5.02 Å². The summed E-state index contributed by atoms with van der Waals surface area (Å²) in [7, 11) is 1.26. The molecule has 0 unspecified atom stereocenters. The van der Waals surface area contributed by atoms with Gasteiger partial charge in [-0.3, -0.25) is 0 Å². The average molecular weight is 341 g/mol. The SMILES string of the molecule is COC(=O)N/N=C\c1c(C)nn(Cc2ccc(Cl)cc2)c1Cl. The standard InChI is InChI=1S/C14H14Cl2N4O2/c1-9-12(7-17-18-14(21)22-2)13(16)20(19-9)8-10-3-5-11(15)6-4-10/h3-7H,8H2,1-2H3,(H,18,21)/b17-7-. The van der Waals surface area contributed by atoms with E-state index in [0.29, 0.717) is 28.0 Å². The van der Waals surface area contributed by atoms with Crippen molar-refractivity contribution in [3.05, 3.63) is 51.3 Å². The largest absolute Gasteiger partial charge is 0.452 e. The minimum absolute atomic E-state index is 0.433. The minimum Gasteiger partial charge on any atom is -0.452 e. The van der Waals surface area contributed by atoms with Gasteiger partial charge >= 0.3 is 6.09 Å². The second kappa shape index (κ2) is 7.29. The summed E-state index contributed by atoms with van der Waals surface area (Å²) in [6.07, 6.45) is 0.776. The lowest BCUT2D eigenvalue weighted by atomic mass is 10.2. The van der Waals surface area contributed by atoms with Crippen molar-refractivity contribution in [3.8, 4) is 0 Å². The van der Waals surface area contributed by atoms with E-state index in [1.165, 1.54) is 13.3 Å². The van der Waals surface area contributed by atoms with Gasteiger partial charge in [-0.25, -0.2) is 14.9 Å². The molecule has 6 nitrogen and oxygen atoms in total. The van der Waals surface area contributed by atoms with Crippen LogP contribution in [-0.2, 0) is 11.3 Å². The van der Waals surface area contributed by atoms with Crippen LogP contribution >= 0.6 is 23.2 Å². The molecule has 22 heavy (non-hydrogen) atoms. The predicted molar refractivity (Wildman–Crippen MR) is 85.7 cm³/mol. The summed E-state index contributed by atoms with van der Waals surface area (Å²) < 4.78 is 6.07. The first-order valence-corrected chi connectivity index (χ1v) is 7.11. The van der Waals surface area contributed by atoms with Crippen molar-refractivity contribution in [2.45, 2.75) is 13.5 Å². The molecule has 2 aromatic rings. The highest BCUT2D eigenvalue weighted by Gasteiger charge is 2.12. The number of hydrogen-bond donors (Lipinski definition) is 1. The zero-order valence-electron chi connectivity index (χ0n) is 12.0. The number of benzene rings is 1. The van der Waals surface area contributed by atoms with Crippen molar-refractivity contribution in [1.29, 1.82) is 0 Å². The maximum Gasteiger partial charge on any atom is 0.427 e. The van der Waals surface area contributed by atoms with Crippen molar-refractivity contribution in [2.75, 3.05) is 7.11 Å². The molecule has 0 aliphatic carbocycles. The van der Waals surface area contributed by atoms with Gasteiger partial charge in [0.15, 0.2) is 0 Å². The number of methoxy groups -OCH3 is 1. The van der Waals surface area contributed by atoms with Crippen LogP contribution in [-0.4, -0.2) is 29.2 Å². The third-order valence-corrected chi connectivity index (χ3v) is 3.54. The van der Waals surface area contributed by atoms with E-state index < -0.39 is 6.09 Å². The summed E-state index contributed by atoms with van der Waals surface area (Å²) in [5.74, 6) is 0. The molecular formula is C14H14Cl2N4O2. The maximum atomic E-state index is 10.9. The number of aryl methyl sites for hydroxylation is 1. The summed E-state index contributed by atoms with van der Waals surface area (Å²) >= 11 is 12.2. The molecule has 0 radical (unpaired) electrons. The molecule has 0 aliphatic heterocycles. The number of ether oxygens (including phenoxy) is 1. The Bertz CT molecular complexity index is 696. The number of hydrogen-bond acceptors (Lipinski definition) is 4. The number of aromatic nitrogens is 2. The molecule has 0 fully saturated rings. The number of rotatable bonds is 4. The molecule has 0 saturated heterocycles. The Balaban J connectivity index is 2.16. The van der Waals surface area contributed by atoms with Gasteiger partial charge in [-0.05, 0) is 24.6 Å². The van der Waals surface area contributed by atoms with Crippen LogP contribution in [0.5, 0.6) is 0 Å². The first-order chi connectivity index (χ1) is 10.5. The molecular weight excluding hydrogens is 327 g/mol. The van der Waals surface area contributed by atoms with Crippen molar-refractivity contribution in [3.63, 3.8) is 0 Å². The first-order valence-electron chi connectivity index (χ1n) is 6.35. The molecule has 116 valence electrons. The highest BCUT2D eigenvalue weighted by atomic mass is 35.5. The number of carbonyl (C=O) groups excluding carboxylic acids is 1. The Morgan fingerprint density at radius 1 is 1.41 bits per heavy atom. The van der Waals surface area contributed by atoms with Crippen molar-refractivity contribution < 1.29 is 9.53 Å². The summed E-state index contributed by atoms with van der Waals surface area (Å²) in [4.78, 5) is 10.9. The van der Waals surface area contributed by atoms with E-state index in [1.54, 1.807) is 4.68 Å². The normalized spacial score (nSPS) is 10.9. The first kappa shape index (κ1) is 16.3. The van der Waals surface area contributed by atoms with E-state index in [0.717, 1.165) is 5.56 Å². The number of nitrogens with one attached hydrogen (secondary N) is 1. The van der Waals surface area contributed by atoms with Crippen LogP contribution in [0.2, 0.25) is 10.2 Å². The zero-order chi connectivity index (χ0) is 16.1. The molecule has 0 atom stereocenters. The van der Waals surface area contributed by atoms with E-state index in [9.17, 15) is 4.79 Å². The van der Waals surface area contributed by atoms with Crippen LogP contribution in [0, 0.1) is 6.92 Å². The van der Waals surface area contributed by atoms with E-state index >= 15 is 0 Å². The van der Waals surface area contributed by atoms with Gasteiger partial charge in [-0.1, -0.05) is 35.3 Å². The molecule has 0 aliphatic rings. The average Bonchev–Trinajstić information content (AvgIpc) is 2.76. The molecule has 1 amide bonds. The Morgan fingerprint density at radius 3 is 2.73 bits per heavy atom. The number of hydrazone groups is 1. The lowest BCUT2D eigenvalue weighted by Gasteiger charge is -2.03. The molecule has 1 N–H and O–H groups in total. The van der Waals surface area contributed by atoms with Crippen LogP contribution in [0.25, 0.3) is 0 Å². The molecule has 0 spiro atoms. The quantitative estimate of drug-likeness (QED) is 0.686. The number of halogens is 2. The molecule has 0 saturated carbocycles. The van der Waals surface area contributed by atoms with Gasteiger partial charge in [0.1, 0.15) is 5.15 Å². The Morgan fingerprint density at radius 2 is 2.09 bits per heavy atom. The fourth-order valence-corrected chi connectivity index (χ4v) is 2.19. The molecule has 0 bridgehead atoms. The third kappa shape index (κ3) is 3.99. The number of nitrogens with zero attached hydrogens (tertiary/aromatic N) is 3. The molecule has 1 aromatic heterocycles. The topological polar surface area (TPSA) is 68.5 Å². The zero-order valence-corrected chi connectivity index (χ0v) is 13.5.